The van der Waals surface area contributed by atoms with E-state index in [1.807, 2.05) is 65.1 Å². The van der Waals surface area contributed by atoms with E-state index in [1.54, 1.807) is 0 Å². The number of nitrogens with zero attached hydrogens (tertiary/aromatic N) is 3. The van der Waals surface area contributed by atoms with Crippen LogP contribution in [0.15, 0.2) is 100 Å². The SMILES string of the molecule is C/C=C\C(C)=C/c1cc(CCC(=O)c2ccc(C(C)C)cc2)c[nH]1.CC.CC.CC(C)=O.CC1CCCCCC1.CCCCC(C)C1=NC2C=CC=CC=C2C(N(C)C)=N1. The van der Waals surface area contributed by atoms with Crippen molar-refractivity contribution < 1.29 is 9.59 Å². The Labute approximate surface area is 368 Å². The maximum Gasteiger partial charge on any atom is 0.163 e. The quantitative estimate of drug-likeness (QED) is 0.139. The van der Waals surface area contributed by atoms with Crippen molar-refractivity contribution in [3.63, 3.8) is 0 Å². The van der Waals surface area contributed by atoms with Crippen LogP contribution in [0.2, 0.25) is 0 Å². The molecule has 0 spiro atoms. The maximum absolute atomic E-state index is 12.3. The van der Waals surface area contributed by atoms with Gasteiger partial charge in [0, 0.05) is 49.5 Å². The summed E-state index contributed by atoms with van der Waals surface area (Å²) in [5.74, 6) is 4.35. The molecule has 1 N–H and O–H groups in total. The largest absolute Gasteiger partial charge is 0.362 e. The molecule has 6 nitrogen and oxygen atoms in total. The molecule has 0 bridgehead atoms. The molecular formula is C54H86N4O2. The van der Waals surface area contributed by atoms with Gasteiger partial charge in [-0.1, -0.05) is 180 Å². The Bertz CT molecular complexity index is 1680. The van der Waals surface area contributed by atoms with Crippen molar-refractivity contribution in [1.29, 1.82) is 0 Å². The summed E-state index contributed by atoms with van der Waals surface area (Å²) in [5.41, 5.74) is 6.71. The molecule has 1 saturated carbocycles. The first-order valence-electron chi connectivity index (χ1n) is 23.2. The minimum atomic E-state index is 0.110. The molecule has 3 aliphatic rings. The van der Waals surface area contributed by atoms with Gasteiger partial charge in [-0.2, -0.15) is 0 Å². The van der Waals surface area contributed by atoms with Crippen molar-refractivity contribution in [1.82, 2.24) is 9.88 Å². The van der Waals surface area contributed by atoms with E-state index in [0.29, 0.717) is 18.3 Å². The predicted molar refractivity (Wildman–Crippen MR) is 266 cm³/mol. The minimum absolute atomic E-state index is 0.110. The smallest absolute Gasteiger partial charge is 0.163 e. The second-order valence-corrected chi connectivity index (χ2v) is 16.3. The highest BCUT2D eigenvalue weighted by Crippen LogP contribution is 2.24. The topological polar surface area (TPSA) is 77.9 Å². The van der Waals surface area contributed by atoms with Crippen molar-refractivity contribution in [3.05, 3.63) is 113 Å². The number of carbonyl (C=O) groups is 2. The average Bonchev–Trinajstić information content (AvgIpc) is 3.37. The number of unbranched alkanes of at least 4 members (excludes halogenated alkanes) is 1. The fourth-order valence-electron chi connectivity index (χ4n) is 6.68. The standard InChI is InChI=1S/C22H27NO.C17H25N3.C8H16.C3H6O.2C2H6/c1-5-6-17(4)13-21-14-18(15-23-21)7-12-22(24)20-10-8-19(9-11-20)16(2)3;1-5-6-10-13(2)16-18-15-12-9-7-8-11-14(15)17(19-16)20(3)4;1-8-6-4-2-3-5-7-8;1-3(2)4;2*1-2/h5-6,8-11,13-16,23H,7,12H2,1-4H3;7-9,11-13,15H,5-6,10H2,1-4H3;8H,2-7H2,1H3;1-2H3;2*1-2H3/b6-5-,17-13-;;;;;. The maximum atomic E-state index is 12.3. The molecule has 2 unspecified atom stereocenters. The van der Waals surface area contributed by atoms with Gasteiger partial charge in [-0.3, -0.25) is 9.79 Å². The van der Waals surface area contributed by atoms with E-state index >= 15 is 0 Å². The van der Waals surface area contributed by atoms with E-state index in [0.717, 1.165) is 41.7 Å². The highest BCUT2D eigenvalue weighted by Gasteiger charge is 2.26. The van der Waals surface area contributed by atoms with Gasteiger partial charge in [0.25, 0.3) is 0 Å². The fraction of sp³-hybridized carbons (Fsp3) is 0.556. The van der Waals surface area contributed by atoms with Crippen molar-refractivity contribution in [3.8, 4) is 0 Å². The number of aliphatic imine (C=N–C) groups is 2. The summed E-state index contributed by atoms with van der Waals surface area (Å²) in [5, 5.41) is 0. The lowest BCUT2D eigenvalue weighted by atomic mass is 9.98. The van der Waals surface area contributed by atoms with Gasteiger partial charge >= 0.3 is 0 Å². The number of H-pyrrole nitrogens is 1. The van der Waals surface area contributed by atoms with Crippen LogP contribution < -0.4 is 0 Å². The number of aromatic nitrogens is 1. The number of rotatable bonds is 11. The second kappa shape index (κ2) is 33.4. The molecule has 2 atom stereocenters. The van der Waals surface area contributed by atoms with E-state index < -0.39 is 0 Å². The fourth-order valence-corrected chi connectivity index (χ4v) is 6.68. The molecule has 0 amide bonds. The third-order valence-corrected chi connectivity index (χ3v) is 9.98. The summed E-state index contributed by atoms with van der Waals surface area (Å²) in [6.07, 6.45) is 32.5. The number of aromatic amines is 1. The van der Waals surface area contributed by atoms with E-state index in [-0.39, 0.29) is 17.6 Å². The van der Waals surface area contributed by atoms with Crippen LogP contribution in [0.25, 0.3) is 6.08 Å². The van der Waals surface area contributed by atoms with E-state index in [4.69, 9.17) is 9.98 Å². The number of likely N-dealkylation sites (N-methyl/N-ethyl adjacent to an activating group) is 1. The zero-order valence-electron chi connectivity index (χ0n) is 40.8. The van der Waals surface area contributed by atoms with E-state index in [1.165, 1.54) is 87.5 Å². The van der Waals surface area contributed by atoms with E-state index in [2.05, 4.69) is 120 Å². The lowest BCUT2D eigenvalue weighted by Gasteiger charge is -2.27. The van der Waals surface area contributed by atoms with E-state index in [9.17, 15) is 9.59 Å². The molecule has 60 heavy (non-hydrogen) atoms. The van der Waals surface area contributed by atoms with Crippen LogP contribution in [-0.2, 0) is 11.2 Å². The number of hydrogen-bond donors (Lipinski definition) is 1. The Hall–Kier alpha value is -4.32. The first-order valence-corrected chi connectivity index (χ1v) is 23.2. The third kappa shape index (κ3) is 23.5. The number of nitrogens with one attached hydrogen (secondary N) is 1. The molecule has 1 aromatic carbocycles. The van der Waals surface area contributed by atoms with Crippen LogP contribution >= 0.6 is 0 Å². The number of benzene rings is 1. The van der Waals surface area contributed by atoms with Crippen molar-refractivity contribution >= 4 is 29.3 Å². The Kier molecular flexibility index (Phi) is 31.0. The summed E-state index contributed by atoms with van der Waals surface area (Å²) >= 11 is 0. The molecule has 6 heteroatoms. The summed E-state index contributed by atoms with van der Waals surface area (Å²) in [4.78, 5) is 36.8. The Balaban J connectivity index is 0.000000862. The Morgan fingerprint density at radius 1 is 0.917 bits per heavy atom. The van der Waals surface area contributed by atoms with Gasteiger partial charge in [-0.15, -0.1) is 0 Å². The van der Waals surface area contributed by atoms with Gasteiger partial charge < -0.3 is 14.7 Å². The van der Waals surface area contributed by atoms with Crippen molar-refractivity contribution in [2.75, 3.05) is 14.1 Å². The molecule has 1 aromatic heterocycles. The molecule has 2 aliphatic carbocycles. The molecule has 5 rings (SSSR count). The van der Waals surface area contributed by atoms with Crippen LogP contribution in [0.4, 0.5) is 0 Å². The van der Waals surface area contributed by atoms with Crippen LogP contribution in [0, 0.1) is 11.8 Å². The normalized spacial score (nSPS) is 16.4. The summed E-state index contributed by atoms with van der Waals surface area (Å²) in [6.45, 7) is 26.3. The highest BCUT2D eigenvalue weighted by molar-refractivity contribution is 6.09. The van der Waals surface area contributed by atoms with Crippen LogP contribution in [0.5, 0.6) is 0 Å². The van der Waals surface area contributed by atoms with Crippen LogP contribution in [0.3, 0.4) is 0 Å². The molecule has 1 fully saturated rings. The zero-order valence-corrected chi connectivity index (χ0v) is 40.8. The van der Waals surface area contributed by atoms with Gasteiger partial charge in [0.2, 0.25) is 0 Å². The van der Waals surface area contributed by atoms with Gasteiger partial charge in [-0.05, 0) is 81.2 Å². The van der Waals surface area contributed by atoms with Crippen LogP contribution in [0.1, 0.15) is 187 Å². The molecular weight excluding hydrogens is 737 g/mol. The number of amidine groups is 2. The number of carbonyl (C=O) groups excluding carboxylic acids is 2. The van der Waals surface area contributed by atoms with Crippen molar-refractivity contribution in [2.45, 2.75) is 173 Å². The predicted octanol–water partition coefficient (Wildman–Crippen LogP) is 15.2. The Morgan fingerprint density at radius 3 is 2.08 bits per heavy atom. The van der Waals surface area contributed by atoms with Gasteiger partial charge in [-0.25, -0.2) is 4.99 Å². The second-order valence-electron chi connectivity index (χ2n) is 16.3. The summed E-state index contributed by atoms with van der Waals surface area (Å²) < 4.78 is 0. The average molecular weight is 823 g/mol. The molecule has 0 saturated heterocycles. The molecule has 0 radical (unpaired) electrons. The number of allylic oxidation sites excluding steroid dienone is 7. The number of fused-ring (bicyclic) bond motifs is 1. The summed E-state index contributed by atoms with van der Waals surface area (Å²) in [7, 11) is 4.10. The Morgan fingerprint density at radius 2 is 1.53 bits per heavy atom. The minimum Gasteiger partial charge on any atom is -0.362 e. The lowest BCUT2D eigenvalue weighted by molar-refractivity contribution is -0.115. The first-order chi connectivity index (χ1) is 28.7. The van der Waals surface area contributed by atoms with Gasteiger partial charge in [0.15, 0.2) is 5.78 Å². The molecule has 1 aliphatic heterocycles. The van der Waals surface area contributed by atoms with Crippen molar-refractivity contribution in [2.24, 2.45) is 21.8 Å². The van der Waals surface area contributed by atoms with Crippen LogP contribution in [-0.4, -0.2) is 53.3 Å². The molecule has 334 valence electrons. The highest BCUT2D eigenvalue weighted by atomic mass is 16.1. The zero-order chi connectivity index (χ0) is 45.5. The first kappa shape index (κ1) is 55.7. The number of ketones is 2. The molecule has 2 aromatic rings. The monoisotopic (exact) mass is 823 g/mol. The van der Waals surface area contributed by atoms with Gasteiger partial charge in [0.1, 0.15) is 17.5 Å². The third-order valence-electron chi connectivity index (χ3n) is 9.98. The number of Topliss-reactive ketones (excluding diaryl/α,β-unsaturated/α-hetero) is 2. The number of aryl methyl sites for hydroxylation is 1. The summed E-state index contributed by atoms with van der Waals surface area (Å²) in [6, 6.07) is 10.2. The number of hydrogen-bond acceptors (Lipinski definition) is 5. The van der Waals surface area contributed by atoms with Gasteiger partial charge in [0.05, 0.1) is 6.04 Å². The lowest BCUT2D eigenvalue weighted by Crippen LogP contribution is -2.34. The molecule has 2 heterocycles.